The number of hydrogen-bond acceptors (Lipinski definition) is 5. The topological polar surface area (TPSA) is 92.8 Å². The summed E-state index contributed by atoms with van der Waals surface area (Å²) < 4.78 is 30.9. The fraction of sp³-hybridized carbons (Fsp3) is 0.300. The Kier molecular flexibility index (Phi) is 7.78. The van der Waals surface area contributed by atoms with Crippen molar-refractivity contribution in [2.75, 3.05) is 18.9 Å². The summed E-state index contributed by atoms with van der Waals surface area (Å²) in [5.41, 5.74) is 1.71. The van der Waals surface area contributed by atoms with E-state index in [1.165, 1.54) is 38.2 Å². The number of likely N-dealkylation sites (N-methyl/N-ethyl adjacent to an activating group) is 1. The van der Waals surface area contributed by atoms with Crippen LogP contribution in [0.5, 0.6) is 0 Å². The van der Waals surface area contributed by atoms with Crippen molar-refractivity contribution in [2.24, 2.45) is 0 Å². The number of ether oxygens (including phenoxy) is 1. The van der Waals surface area contributed by atoms with Crippen molar-refractivity contribution in [2.45, 2.75) is 31.3 Å². The van der Waals surface area contributed by atoms with E-state index in [9.17, 15) is 18.0 Å². The normalized spacial score (nSPS) is 12.4. The van der Waals surface area contributed by atoms with Gasteiger partial charge < -0.3 is 10.1 Å². The average Bonchev–Trinajstić information content (AvgIpc) is 2.68. The summed E-state index contributed by atoms with van der Waals surface area (Å²) in [6.45, 7) is 2.91. The molecule has 0 aliphatic heterocycles. The molecule has 0 aromatic heterocycles. The van der Waals surface area contributed by atoms with Gasteiger partial charge in [-0.2, -0.15) is 4.31 Å². The van der Waals surface area contributed by atoms with Crippen molar-refractivity contribution in [3.8, 4) is 0 Å². The Balaban J connectivity index is 1.92. The summed E-state index contributed by atoms with van der Waals surface area (Å²) in [6, 6.07) is 12.9. The monoisotopic (exact) mass is 438 g/mol. The molecular weight excluding hydrogens is 416 g/mol. The molecule has 1 amide bonds. The Morgan fingerprint density at radius 3 is 2.24 bits per heavy atom. The van der Waals surface area contributed by atoms with Crippen molar-refractivity contribution in [1.29, 1.82) is 0 Å². The zero-order valence-corrected chi connectivity index (χ0v) is 18.0. The molecular formula is C20H23ClN2O5S. The predicted molar refractivity (Wildman–Crippen MR) is 111 cm³/mol. The second-order valence-electron chi connectivity index (χ2n) is 6.39. The quantitative estimate of drug-likeness (QED) is 0.639. The number of hydrogen-bond donors (Lipinski definition) is 1. The number of aryl methyl sites for hydroxylation is 1. The van der Waals surface area contributed by atoms with Gasteiger partial charge in [0.2, 0.25) is 10.0 Å². The van der Waals surface area contributed by atoms with E-state index in [1.807, 2.05) is 19.1 Å². The van der Waals surface area contributed by atoms with E-state index < -0.39 is 34.5 Å². The Morgan fingerprint density at radius 1 is 1.10 bits per heavy atom. The van der Waals surface area contributed by atoms with Crippen molar-refractivity contribution < 1.29 is 22.7 Å². The highest BCUT2D eigenvalue weighted by molar-refractivity contribution is 7.89. The van der Waals surface area contributed by atoms with Crippen molar-refractivity contribution in [3.05, 3.63) is 59.1 Å². The van der Waals surface area contributed by atoms with Crippen LogP contribution in [0.4, 0.5) is 5.69 Å². The molecule has 0 saturated carbocycles. The van der Waals surface area contributed by atoms with E-state index >= 15 is 0 Å². The molecule has 29 heavy (non-hydrogen) atoms. The Bertz CT molecular complexity index is 959. The van der Waals surface area contributed by atoms with E-state index in [2.05, 4.69) is 5.32 Å². The third-order valence-electron chi connectivity index (χ3n) is 4.18. The number of carbonyl (C=O) groups excluding carboxylic acids is 2. The van der Waals surface area contributed by atoms with Gasteiger partial charge in [0, 0.05) is 17.8 Å². The van der Waals surface area contributed by atoms with Crippen LogP contribution in [0.2, 0.25) is 5.02 Å². The van der Waals surface area contributed by atoms with Gasteiger partial charge in [-0.15, -0.1) is 0 Å². The number of halogens is 1. The van der Waals surface area contributed by atoms with E-state index in [0.29, 0.717) is 10.7 Å². The molecule has 0 heterocycles. The van der Waals surface area contributed by atoms with Gasteiger partial charge >= 0.3 is 5.97 Å². The number of esters is 1. The number of nitrogens with one attached hydrogen (secondary N) is 1. The molecule has 7 nitrogen and oxygen atoms in total. The SMILES string of the molecule is CCc1ccc(NC(=O)C(C)OC(=O)CN(C)S(=O)(=O)c2ccc(Cl)cc2)cc1. The first-order valence-electron chi connectivity index (χ1n) is 8.94. The first kappa shape index (κ1) is 22.9. The second-order valence-corrected chi connectivity index (χ2v) is 8.87. The molecule has 2 rings (SSSR count). The van der Waals surface area contributed by atoms with Crippen LogP contribution in [0.15, 0.2) is 53.4 Å². The summed E-state index contributed by atoms with van der Waals surface area (Å²) in [6.07, 6.45) is -0.200. The predicted octanol–water partition coefficient (Wildman–Crippen LogP) is 3.09. The largest absolute Gasteiger partial charge is 0.452 e. The zero-order valence-electron chi connectivity index (χ0n) is 16.4. The number of benzene rings is 2. The van der Waals surface area contributed by atoms with Crippen molar-refractivity contribution >= 4 is 39.2 Å². The minimum absolute atomic E-state index is 0.00137. The van der Waals surface area contributed by atoms with Crippen molar-refractivity contribution in [1.82, 2.24) is 4.31 Å². The van der Waals surface area contributed by atoms with E-state index in [4.69, 9.17) is 16.3 Å². The van der Waals surface area contributed by atoms with Crippen LogP contribution in [0, 0.1) is 0 Å². The molecule has 0 spiro atoms. The lowest BCUT2D eigenvalue weighted by atomic mass is 10.1. The molecule has 2 aromatic carbocycles. The van der Waals surface area contributed by atoms with Gasteiger partial charge in [-0.1, -0.05) is 30.7 Å². The summed E-state index contributed by atoms with van der Waals surface area (Å²) in [7, 11) is -2.63. The van der Waals surface area contributed by atoms with Crippen LogP contribution in [0.1, 0.15) is 19.4 Å². The Labute approximate surface area is 175 Å². The van der Waals surface area contributed by atoms with Crippen LogP contribution >= 0.6 is 11.6 Å². The number of sulfonamides is 1. The fourth-order valence-corrected chi connectivity index (χ4v) is 3.65. The third kappa shape index (κ3) is 6.28. The summed E-state index contributed by atoms with van der Waals surface area (Å²) in [5, 5.41) is 3.05. The number of rotatable bonds is 8. The third-order valence-corrected chi connectivity index (χ3v) is 6.25. The summed E-state index contributed by atoms with van der Waals surface area (Å²) in [5.74, 6) is -1.35. The lowest BCUT2D eigenvalue weighted by molar-refractivity contribution is -0.153. The fourth-order valence-electron chi connectivity index (χ4n) is 2.41. The molecule has 1 atom stereocenters. The summed E-state index contributed by atoms with van der Waals surface area (Å²) in [4.78, 5) is 24.3. The van der Waals surface area contributed by atoms with Gasteiger partial charge in [-0.05, 0) is 55.3 Å². The van der Waals surface area contributed by atoms with E-state index in [-0.39, 0.29) is 4.90 Å². The molecule has 0 bridgehead atoms. The minimum Gasteiger partial charge on any atom is -0.452 e. The van der Waals surface area contributed by atoms with Crippen molar-refractivity contribution in [3.63, 3.8) is 0 Å². The molecule has 9 heteroatoms. The van der Waals surface area contributed by atoms with Gasteiger partial charge in [-0.3, -0.25) is 9.59 Å². The van der Waals surface area contributed by atoms with Gasteiger partial charge in [0.1, 0.15) is 6.54 Å². The van der Waals surface area contributed by atoms with Crippen LogP contribution in [-0.4, -0.2) is 44.3 Å². The second kappa shape index (κ2) is 9.87. The molecule has 0 fully saturated rings. The van der Waals surface area contributed by atoms with Crippen LogP contribution < -0.4 is 5.32 Å². The molecule has 0 aliphatic rings. The maximum Gasteiger partial charge on any atom is 0.322 e. The molecule has 1 unspecified atom stereocenters. The number of nitrogens with zero attached hydrogens (tertiary/aromatic N) is 1. The highest BCUT2D eigenvalue weighted by Crippen LogP contribution is 2.17. The highest BCUT2D eigenvalue weighted by Gasteiger charge is 2.25. The minimum atomic E-state index is -3.89. The number of carbonyl (C=O) groups is 2. The highest BCUT2D eigenvalue weighted by atomic mass is 35.5. The van der Waals surface area contributed by atoms with Gasteiger partial charge in [0.15, 0.2) is 6.10 Å². The maximum atomic E-state index is 12.5. The zero-order chi connectivity index (χ0) is 21.6. The lowest BCUT2D eigenvalue weighted by Crippen LogP contribution is -2.37. The molecule has 0 radical (unpaired) electrons. The van der Waals surface area contributed by atoms with Gasteiger partial charge in [-0.25, -0.2) is 8.42 Å². The van der Waals surface area contributed by atoms with Gasteiger partial charge in [0.25, 0.3) is 5.91 Å². The number of amides is 1. The standard InChI is InChI=1S/C20H23ClN2O5S/c1-4-15-5-9-17(10-6-15)22-20(25)14(2)28-19(24)13-23(3)29(26,27)18-11-7-16(21)8-12-18/h5-12,14H,4,13H2,1-3H3,(H,22,25). The molecule has 1 N–H and O–H groups in total. The molecule has 2 aromatic rings. The number of anilines is 1. The van der Waals surface area contributed by atoms with Crippen LogP contribution in [0.25, 0.3) is 0 Å². The van der Waals surface area contributed by atoms with Gasteiger partial charge in [0.05, 0.1) is 4.90 Å². The Morgan fingerprint density at radius 2 is 1.69 bits per heavy atom. The molecule has 0 saturated heterocycles. The lowest BCUT2D eigenvalue weighted by Gasteiger charge is -2.18. The van der Waals surface area contributed by atoms with E-state index in [0.717, 1.165) is 16.3 Å². The first-order chi connectivity index (χ1) is 13.6. The smallest absolute Gasteiger partial charge is 0.322 e. The summed E-state index contributed by atoms with van der Waals surface area (Å²) >= 11 is 5.77. The molecule has 156 valence electrons. The van der Waals surface area contributed by atoms with E-state index in [1.54, 1.807) is 12.1 Å². The first-order valence-corrected chi connectivity index (χ1v) is 10.8. The molecule has 0 aliphatic carbocycles. The average molecular weight is 439 g/mol. The van der Waals surface area contributed by atoms with Crippen LogP contribution in [-0.2, 0) is 30.8 Å². The van der Waals surface area contributed by atoms with Crippen LogP contribution in [0.3, 0.4) is 0 Å². The maximum absolute atomic E-state index is 12.5. The Hall–Kier alpha value is -2.42.